The molecule has 25 heavy (non-hydrogen) atoms. The molecule has 4 atom stereocenters. The van der Waals surface area contributed by atoms with Crippen LogP contribution in [-0.4, -0.2) is 51.8 Å². The molecule has 0 aliphatic heterocycles. The highest BCUT2D eigenvalue weighted by Gasteiger charge is 2.29. The van der Waals surface area contributed by atoms with Crippen LogP contribution in [0, 0.1) is 0 Å². The van der Waals surface area contributed by atoms with Crippen molar-refractivity contribution in [1.29, 1.82) is 0 Å². The molecule has 2 aromatic carbocycles. The van der Waals surface area contributed by atoms with Crippen molar-refractivity contribution in [2.24, 2.45) is 5.73 Å². The number of aromatic hydroxyl groups is 2. The molecule has 0 heterocycles. The minimum atomic E-state index is -1.11. The standard InChI is InChI=1S/C19H26N2O4/c1-21-17(11-13-4-8-15(23)9-5-13)19(25)18(24)16(20)10-12-2-6-14(22)7-3-12/h2-9,16-19,21-25H,10-11,20H2,1H3. The van der Waals surface area contributed by atoms with Gasteiger partial charge >= 0.3 is 0 Å². The zero-order chi connectivity index (χ0) is 18.4. The van der Waals surface area contributed by atoms with Gasteiger partial charge in [-0.15, -0.1) is 0 Å². The van der Waals surface area contributed by atoms with Crippen LogP contribution in [0.3, 0.4) is 0 Å². The lowest BCUT2D eigenvalue weighted by Gasteiger charge is -2.30. The zero-order valence-electron chi connectivity index (χ0n) is 14.2. The van der Waals surface area contributed by atoms with Crippen molar-refractivity contribution < 1.29 is 20.4 Å². The molecular weight excluding hydrogens is 320 g/mol. The van der Waals surface area contributed by atoms with E-state index in [2.05, 4.69) is 5.32 Å². The van der Waals surface area contributed by atoms with Gasteiger partial charge in [-0.3, -0.25) is 0 Å². The van der Waals surface area contributed by atoms with E-state index >= 15 is 0 Å². The van der Waals surface area contributed by atoms with Gasteiger partial charge in [0, 0.05) is 12.1 Å². The summed E-state index contributed by atoms with van der Waals surface area (Å²) in [6.45, 7) is 0. The topological polar surface area (TPSA) is 119 Å². The van der Waals surface area contributed by atoms with Crippen LogP contribution in [0.4, 0.5) is 0 Å². The SMILES string of the molecule is CNC(Cc1ccc(O)cc1)C(O)C(O)C(N)Cc1ccc(O)cc1. The van der Waals surface area contributed by atoms with Crippen LogP contribution in [0.2, 0.25) is 0 Å². The summed E-state index contributed by atoms with van der Waals surface area (Å²) in [6, 6.07) is 12.3. The summed E-state index contributed by atoms with van der Waals surface area (Å²) >= 11 is 0. The van der Waals surface area contributed by atoms with Crippen LogP contribution in [0.25, 0.3) is 0 Å². The van der Waals surface area contributed by atoms with Gasteiger partial charge < -0.3 is 31.5 Å². The quantitative estimate of drug-likeness (QED) is 0.415. The maximum absolute atomic E-state index is 10.5. The third-order valence-corrected chi connectivity index (χ3v) is 4.37. The monoisotopic (exact) mass is 346 g/mol. The average Bonchev–Trinajstić information content (AvgIpc) is 2.62. The molecule has 4 unspecified atom stereocenters. The molecule has 0 aliphatic rings. The van der Waals surface area contributed by atoms with Crippen molar-refractivity contribution in [3.05, 3.63) is 59.7 Å². The first-order valence-corrected chi connectivity index (χ1v) is 8.25. The van der Waals surface area contributed by atoms with Crippen molar-refractivity contribution in [1.82, 2.24) is 5.32 Å². The fourth-order valence-electron chi connectivity index (χ4n) is 2.80. The van der Waals surface area contributed by atoms with Gasteiger partial charge in [-0.2, -0.15) is 0 Å². The Labute approximate surface area is 147 Å². The third kappa shape index (κ3) is 5.44. The minimum Gasteiger partial charge on any atom is -0.508 e. The molecule has 7 N–H and O–H groups in total. The highest BCUT2D eigenvalue weighted by molar-refractivity contribution is 5.27. The lowest BCUT2D eigenvalue weighted by molar-refractivity contribution is -0.0157. The van der Waals surface area contributed by atoms with Gasteiger partial charge in [-0.25, -0.2) is 0 Å². The summed E-state index contributed by atoms with van der Waals surface area (Å²) in [5.74, 6) is 0.350. The molecule has 0 fully saturated rings. The lowest BCUT2D eigenvalue weighted by atomic mass is 9.92. The molecule has 0 aliphatic carbocycles. The number of aliphatic hydroxyl groups excluding tert-OH is 2. The molecule has 0 radical (unpaired) electrons. The van der Waals surface area contributed by atoms with Crippen molar-refractivity contribution in [3.8, 4) is 11.5 Å². The fraction of sp³-hybridized carbons (Fsp3) is 0.368. The number of likely N-dealkylation sites (N-methyl/N-ethyl adjacent to an activating group) is 1. The number of hydrogen-bond donors (Lipinski definition) is 6. The number of hydrogen-bond acceptors (Lipinski definition) is 6. The number of nitrogens with one attached hydrogen (secondary N) is 1. The Morgan fingerprint density at radius 1 is 0.800 bits per heavy atom. The Kier molecular flexibility index (Phi) is 6.78. The van der Waals surface area contributed by atoms with Crippen LogP contribution in [0.5, 0.6) is 11.5 Å². The van der Waals surface area contributed by atoms with Crippen molar-refractivity contribution in [2.45, 2.75) is 37.1 Å². The van der Waals surface area contributed by atoms with Crippen LogP contribution in [-0.2, 0) is 12.8 Å². The second-order valence-corrected chi connectivity index (χ2v) is 6.28. The van der Waals surface area contributed by atoms with Gasteiger partial charge in [-0.1, -0.05) is 24.3 Å². The van der Waals surface area contributed by atoms with Crippen LogP contribution in [0.15, 0.2) is 48.5 Å². The maximum atomic E-state index is 10.5. The van der Waals surface area contributed by atoms with E-state index in [1.165, 1.54) is 0 Å². The van der Waals surface area contributed by atoms with Crippen LogP contribution < -0.4 is 11.1 Å². The molecule has 0 bridgehead atoms. The van der Waals surface area contributed by atoms with Crippen LogP contribution in [0.1, 0.15) is 11.1 Å². The Morgan fingerprint density at radius 3 is 1.68 bits per heavy atom. The normalized spacial score (nSPS) is 16.2. The number of aliphatic hydroxyl groups is 2. The number of nitrogens with two attached hydrogens (primary N) is 1. The van der Waals surface area contributed by atoms with E-state index < -0.39 is 18.2 Å². The molecule has 136 valence electrons. The van der Waals surface area contributed by atoms with Gasteiger partial charge in [0.05, 0.1) is 12.2 Å². The molecular formula is C19H26N2O4. The van der Waals surface area contributed by atoms with Crippen molar-refractivity contribution in [3.63, 3.8) is 0 Å². The van der Waals surface area contributed by atoms with Crippen molar-refractivity contribution in [2.75, 3.05) is 7.05 Å². The highest BCUT2D eigenvalue weighted by atomic mass is 16.3. The summed E-state index contributed by atoms with van der Waals surface area (Å²) in [5, 5.41) is 42.6. The van der Waals surface area contributed by atoms with Crippen molar-refractivity contribution >= 4 is 0 Å². The van der Waals surface area contributed by atoms with Gasteiger partial charge in [0.15, 0.2) is 0 Å². The molecule has 0 spiro atoms. The molecule has 0 aromatic heterocycles. The van der Waals surface area contributed by atoms with E-state index in [9.17, 15) is 20.4 Å². The fourth-order valence-corrected chi connectivity index (χ4v) is 2.80. The summed E-state index contributed by atoms with van der Waals surface area (Å²) in [4.78, 5) is 0. The minimum absolute atomic E-state index is 0.169. The second kappa shape index (κ2) is 8.82. The van der Waals surface area contributed by atoms with E-state index in [1.807, 2.05) is 0 Å². The molecule has 0 saturated carbocycles. The van der Waals surface area contributed by atoms with E-state index in [4.69, 9.17) is 5.73 Å². The summed E-state index contributed by atoms with van der Waals surface area (Å²) in [6.07, 6.45) is -1.29. The predicted molar refractivity (Wildman–Crippen MR) is 96.5 cm³/mol. The first-order valence-electron chi connectivity index (χ1n) is 8.25. The predicted octanol–water partition coefficient (Wildman–Crippen LogP) is 0.520. The Bertz CT molecular complexity index is 645. The van der Waals surface area contributed by atoms with Gasteiger partial charge in [-0.05, 0) is 55.3 Å². The smallest absolute Gasteiger partial charge is 0.115 e. The molecule has 0 amide bonds. The Morgan fingerprint density at radius 2 is 1.24 bits per heavy atom. The summed E-state index contributed by atoms with van der Waals surface area (Å²) in [7, 11) is 1.71. The molecule has 6 nitrogen and oxygen atoms in total. The van der Waals surface area contributed by atoms with Crippen LogP contribution >= 0.6 is 0 Å². The zero-order valence-corrected chi connectivity index (χ0v) is 14.2. The third-order valence-electron chi connectivity index (χ3n) is 4.37. The maximum Gasteiger partial charge on any atom is 0.115 e. The van der Waals surface area contributed by atoms with Gasteiger partial charge in [0.25, 0.3) is 0 Å². The molecule has 0 saturated heterocycles. The van der Waals surface area contributed by atoms with Gasteiger partial charge in [0.1, 0.15) is 11.5 Å². The first-order chi connectivity index (χ1) is 11.9. The second-order valence-electron chi connectivity index (χ2n) is 6.28. The largest absolute Gasteiger partial charge is 0.508 e. The Balaban J connectivity index is 1.98. The Hall–Kier alpha value is -2.12. The summed E-state index contributed by atoms with van der Waals surface area (Å²) < 4.78 is 0. The van der Waals surface area contributed by atoms with E-state index in [0.29, 0.717) is 12.8 Å². The van der Waals surface area contributed by atoms with E-state index in [1.54, 1.807) is 55.6 Å². The lowest BCUT2D eigenvalue weighted by Crippen LogP contribution is -2.53. The number of phenolic OH excluding ortho intramolecular Hbond substituents is 2. The number of benzene rings is 2. The van der Waals surface area contributed by atoms with Gasteiger partial charge in [0.2, 0.25) is 0 Å². The molecule has 2 rings (SSSR count). The highest BCUT2D eigenvalue weighted by Crippen LogP contribution is 2.16. The van der Waals surface area contributed by atoms with E-state index in [0.717, 1.165) is 11.1 Å². The summed E-state index contributed by atoms with van der Waals surface area (Å²) in [5.41, 5.74) is 7.86. The average molecular weight is 346 g/mol. The van der Waals surface area contributed by atoms with E-state index in [-0.39, 0.29) is 17.5 Å². The number of phenols is 2. The molecule has 6 heteroatoms. The number of rotatable bonds is 8. The first kappa shape index (κ1) is 19.2. The molecule has 2 aromatic rings.